The SMILES string of the molecule is Oc1ccc([SH+]c2ccc(O)cc2)cc1. The maximum absolute atomic E-state index is 9.12. The summed E-state index contributed by atoms with van der Waals surface area (Å²) in [4.78, 5) is 2.22. The van der Waals surface area contributed by atoms with E-state index in [1.807, 2.05) is 24.3 Å². The van der Waals surface area contributed by atoms with Crippen molar-refractivity contribution in [3.05, 3.63) is 48.5 Å². The second-order valence-electron chi connectivity index (χ2n) is 3.14. The number of hydrogen-bond acceptors (Lipinski definition) is 2. The van der Waals surface area contributed by atoms with Crippen LogP contribution in [0.15, 0.2) is 58.3 Å². The first-order valence-corrected chi connectivity index (χ1v) is 5.43. The zero-order chi connectivity index (χ0) is 10.7. The lowest BCUT2D eigenvalue weighted by Gasteiger charge is -1.94. The summed E-state index contributed by atoms with van der Waals surface area (Å²) in [6, 6.07) is 14.2. The first-order chi connectivity index (χ1) is 7.24. The summed E-state index contributed by atoms with van der Waals surface area (Å²) in [6.45, 7) is 0. The minimum atomic E-state index is 0.277. The second-order valence-corrected chi connectivity index (χ2v) is 4.40. The molecule has 0 fully saturated rings. The maximum Gasteiger partial charge on any atom is 0.158 e. The molecule has 0 amide bonds. The van der Waals surface area contributed by atoms with Gasteiger partial charge in [-0.3, -0.25) is 0 Å². The van der Waals surface area contributed by atoms with Crippen LogP contribution < -0.4 is 0 Å². The average molecular weight is 219 g/mol. The summed E-state index contributed by atoms with van der Waals surface area (Å²) in [7, 11) is 0. The van der Waals surface area contributed by atoms with Crippen LogP contribution in [0.3, 0.4) is 0 Å². The fourth-order valence-electron chi connectivity index (χ4n) is 1.20. The molecule has 0 saturated heterocycles. The van der Waals surface area contributed by atoms with E-state index in [-0.39, 0.29) is 11.5 Å². The van der Waals surface area contributed by atoms with Crippen molar-refractivity contribution in [3.63, 3.8) is 0 Å². The fourth-order valence-corrected chi connectivity index (χ4v) is 2.10. The third kappa shape index (κ3) is 2.67. The standard InChI is InChI=1S/C12H10O2S/c13-9-1-5-11(6-2-9)15-12-7-3-10(14)4-8-12/h1-8,13-14H/p+1. The summed E-state index contributed by atoms with van der Waals surface area (Å²) >= 11 is 1.06. The third-order valence-corrected chi connectivity index (χ3v) is 3.07. The molecule has 2 aromatic carbocycles. The van der Waals surface area contributed by atoms with E-state index in [1.54, 1.807) is 24.3 Å². The van der Waals surface area contributed by atoms with Gasteiger partial charge in [-0.15, -0.1) is 0 Å². The molecule has 0 saturated carbocycles. The number of hydrogen-bond donors (Lipinski definition) is 2. The van der Waals surface area contributed by atoms with Gasteiger partial charge >= 0.3 is 0 Å². The molecular formula is C12H11O2S+. The molecule has 3 heteroatoms. The molecule has 0 aromatic heterocycles. The Hall–Kier alpha value is -1.61. The Bertz CT molecular complexity index is 391. The van der Waals surface area contributed by atoms with Crippen LogP contribution in [-0.4, -0.2) is 10.2 Å². The molecule has 0 aliphatic carbocycles. The minimum absolute atomic E-state index is 0.277. The summed E-state index contributed by atoms with van der Waals surface area (Å²) < 4.78 is 0. The van der Waals surface area contributed by atoms with Crippen LogP contribution in [0, 0.1) is 0 Å². The highest BCUT2D eigenvalue weighted by atomic mass is 32.2. The van der Waals surface area contributed by atoms with Crippen LogP contribution in [-0.2, 0) is 11.8 Å². The molecular weight excluding hydrogens is 208 g/mol. The smallest absolute Gasteiger partial charge is 0.158 e. The van der Waals surface area contributed by atoms with Crippen molar-refractivity contribution in [2.45, 2.75) is 9.79 Å². The van der Waals surface area contributed by atoms with E-state index in [4.69, 9.17) is 10.2 Å². The van der Waals surface area contributed by atoms with Gasteiger partial charge in [0.15, 0.2) is 9.79 Å². The van der Waals surface area contributed by atoms with Crippen molar-refractivity contribution >= 4 is 11.8 Å². The van der Waals surface area contributed by atoms with Gasteiger partial charge in [0.25, 0.3) is 0 Å². The largest absolute Gasteiger partial charge is 0.508 e. The number of phenolic OH excluding ortho intramolecular Hbond substituents is 2. The quantitative estimate of drug-likeness (QED) is 0.601. The van der Waals surface area contributed by atoms with Gasteiger partial charge in [-0.05, 0) is 48.5 Å². The van der Waals surface area contributed by atoms with Crippen LogP contribution in [0.4, 0.5) is 0 Å². The minimum Gasteiger partial charge on any atom is -0.508 e. The predicted octanol–water partition coefficient (Wildman–Crippen LogP) is 2.33. The number of rotatable bonds is 2. The molecule has 0 aliphatic rings. The summed E-state index contributed by atoms with van der Waals surface area (Å²) in [5.41, 5.74) is 0. The molecule has 0 unspecified atom stereocenters. The lowest BCUT2D eigenvalue weighted by atomic mass is 10.3. The molecule has 2 N–H and O–H groups in total. The normalized spacial score (nSPS) is 10.1. The summed E-state index contributed by atoms with van der Waals surface area (Å²) in [5.74, 6) is 0.555. The lowest BCUT2D eigenvalue weighted by molar-refractivity contribution is 0.474. The highest BCUT2D eigenvalue weighted by Gasteiger charge is 2.06. The van der Waals surface area contributed by atoms with Crippen LogP contribution in [0.1, 0.15) is 0 Å². The molecule has 0 radical (unpaired) electrons. The second kappa shape index (κ2) is 4.28. The Morgan fingerprint density at radius 1 is 0.600 bits per heavy atom. The first kappa shape index (κ1) is 9.93. The van der Waals surface area contributed by atoms with Crippen molar-refractivity contribution < 1.29 is 10.2 Å². The first-order valence-electron chi connectivity index (χ1n) is 4.54. The number of aromatic hydroxyl groups is 2. The molecule has 2 aromatic rings. The monoisotopic (exact) mass is 219 g/mol. The van der Waals surface area contributed by atoms with Gasteiger partial charge in [-0.25, -0.2) is 0 Å². The van der Waals surface area contributed by atoms with Gasteiger partial charge in [0.2, 0.25) is 0 Å². The van der Waals surface area contributed by atoms with Crippen molar-refractivity contribution in [2.75, 3.05) is 0 Å². The topological polar surface area (TPSA) is 40.5 Å². The predicted molar refractivity (Wildman–Crippen MR) is 61.5 cm³/mol. The maximum atomic E-state index is 9.12. The van der Waals surface area contributed by atoms with Crippen LogP contribution in [0.2, 0.25) is 0 Å². The molecule has 15 heavy (non-hydrogen) atoms. The van der Waals surface area contributed by atoms with E-state index < -0.39 is 0 Å². The van der Waals surface area contributed by atoms with Gasteiger partial charge in [-0.2, -0.15) is 0 Å². The summed E-state index contributed by atoms with van der Waals surface area (Å²) in [5, 5.41) is 18.2. The Morgan fingerprint density at radius 3 is 1.27 bits per heavy atom. The van der Waals surface area contributed by atoms with Crippen molar-refractivity contribution in [2.24, 2.45) is 0 Å². The Kier molecular flexibility index (Phi) is 2.83. The third-order valence-electron chi connectivity index (χ3n) is 1.96. The molecule has 0 bridgehead atoms. The van der Waals surface area contributed by atoms with E-state index in [0.717, 1.165) is 21.6 Å². The zero-order valence-electron chi connectivity index (χ0n) is 7.96. The Balaban J connectivity index is 2.15. The van der Waals surface area contributed by atoms with E-state index >= 15 is 0 Å². The van der Waals surface area contributed by atoms with Gasteiger partial charge in [0.1, 0.15) is 11.5 Å². The van der Waals surface area contributed by atoms with E-state index in [9.17, 15) is 0 Å². The number of phenols is 2. The summed E-state index contributed by atoms with van der Waals surface area (Å²) in [6.07, 6.45) is 0. The Morgan fingerprint density at radius 2 is 0.933 bits per heavy atom. The van der Waals surface area contributed by atoms with E-state index in [1.165, 1.54) is 0 Å². The highest BCUT2D eigenvalue weighted by Crippen LogP contribution is 2.17. The van der Waals surface area contributed by atoms with E-state index in [2.05, 4.69) is 0 Å². The van der Waals surface area contributed by atoms with Crippen molar-refractivity contribution in [1.29, 1.82) is 0 Å². The molecule has 0 spiro atoms. The van der Waals surface area contributed by atoms with Gasteiger partial charge in [0.05, 0.1) is 0 Å². The van der Waals surface area contributed by atoms with Crippen molar-refractivity contribution in [1.82, 2.24) is 0 Å². The number of benzene rings is 2. The number of thiol groups is 1. The molecule has 76 valence electrons. The molecule has 0 atom stereocenters. The van der Waals surface area contributed by atoms with Crippen LogP contribution >= 0.6 is 0 Å². The fraction of sp³-hybridized carbons (Fsp3) is 0. The molecule has 0 aliphatic heterocycles. The molecule has 2 rings (SSSR count). The van der Waals surface area contributed by atoms with E-state index in [0.29, 0.717) is 0 Å². The van der Waals surface area contributed by atoms with Gasteiger partial charge in [0, 0.05) is 11.8 Å². The van der Waals surface area contributed by atoms with Crippen LogP contribution in [0.25, 0.3) is 0 Å². The van der Waals surface area contributed by atoms with Crippen LogP contribution in [0.5, 0.6) is 11.5 Å². The highest BCUT2D eigenvalue weighted by molar-refractivity contribution is 7.78. The van der Waals surface area contributed by atoms with Gasteiger partial charge in [-0.1, -0.05) is 0 Å². The molecule has 2 nitrogen and oxygen atoms in total. The lowest BCUT2D eigenvalue weighted by Crippen LogP contribution is -1.83. The zero-order valence-corrected chi connectivity index (χ0v) is 8.85. The Labute approximate surface area is 92.2 Å². The average Bonchev–Trinajstić information content (AvgIpc) is 2.25. The van der Waals surface area contributed by atoms with Gasteiger partial charge < -0.3 is 10.2 Å². The molecule has 0 heterocycles. The van der Waals surface area contributed by atoms with Crippen molar-refractivity contribution in [3.8, 4) is 11.5 Å².